The number of hydrogen-bond acceptors (Lipinski definition) is 4. The molecule has 0 aromatic carbocycles. The van der Waals surface area contributed by atoms with Gasteiger partial charge in [-0.25, -0.2) is 0 Å². The standard InChI is InChI=1S/C10H12BrNO2S.CH4S/c1-10(2)8-6(5-7(11)15-8)9(14)12(10)3-4-13;1-2/h5,13H,3-4H2,1-2H3;2H,1H3. The summed E-state index contributed by atoms with van der Waals surface area (Å²) in [5.74, 6) is 0.0194. The number of carbonyl (C=O) groups excluding carboxylic acids is 1. The minimum atomic E-state index is -0.300. The van der Waals surface area contributed by atoms with E-state index >= 15 is 0 Å². The number of β-amino-alcohol motifs (C(OH)–C–C–N with tert-alkyl or cyclic N) is 1. The Hall–Kier alpha value is -0.0400. The van der Waals surface area contributed by atoms with Crippen LogP contribution in [0, 0.1) is 0 Å². The zero-order valence-electron chi connectivity index (χ0n) is 10.0. The van der Waals surface area contributed by atoms with Crippen LogP contribution in [0.3, 0.4) is 0 Å². The van der Waals surface area contributed by atoms with Gasteiger partial charge in [-0.3, -0.25) is 4.79 Å². The third-order valence-electron chi connectivity index (χ3n) is 2.73. The van der Waals surface area contributed by atoms with E-state index in [-0.39, 0.29) is 18.1 Å². The van der Waals surface area contributed by atoms with Crippen molar-refractivity contribution >= 4 is 45.8 Å². The highest BCUT2D eigenvalue weighted by atomic mass is 79.9. The van der Waals surface area contributed by atoms with Gasteiger partial charge in [-0.1, -0.05) is 0 Å². The number of hydrogen-bond donors (Lipinski definition) is 2. The summed E-state index contributed by atoms with van der Waals surface area (Å²) in [7, 11) is 0. The zero-order chi connectivity index (χ0) is 13.2. The third kappa shape index (κ3) is 2.54. The van der Waals surface area contributed by atoms with E-state index in [0.717, 1.165) is 14.2 Å². The first-order chi connectivity index (χ1) is 7.98. The summed E-state index contributed by atoms with van der Waals surface area (Å²) < 4.78 is 0.984. The lowest BCUT2D eigenvalue weighted by atomic mass is 10.0. The Bertz CT molecular complexity index is 418. The molecule has 1 aliphatic rings. The lowest BCUT2D eigenvalue weighted by Crippen LogP contribution is -2.40. The number of halogens is 1. The van der Waals surface area contributed by atoms with Crippen molar-refractivity contribution < 1.29 is 9.90 Å². The molecular formula is C11H16BrNO2S2. The van der Waals surface area contributed by atoms with Gasteiger partial charge < -0.3 is 10.0 Å². The average molecular weight is 338 g/mol. The number of fused-ring (bicyclic) bond motifs is 1. The molecule has 2 heterocycles. The van der Waals surface area contributed by atoms with E-state index in [1.165, 1.54) is 0 Å². The van der Waals surface area contributed by atoms with E-state index < -0.39 is 0 Å². The number of aliphatic hydroxyl groups is 1. The zero-order valence-corrected chi connectivity index (χ0v) is 13.3. The fourth-order valence-electron chi connectivity index (χ4n) is 1.98. The van der Waals surface area contributed by atoms with E-state index in [1.807, 2.05) is 19.9 Å². The molecule has 96 valence electrons. The number of thiol groups is 1. The Morgan fingerprint density at radius 2 is 2.12 bits per heavy atom. The van der Waals surface area contributed by atoms with Crippen molar-refractivity contribution in [3.8, 4) is 0 Å². The molecule has 0 saturated heterocycles. The van der Waals surface area contributed by atoms with Crippen molar-refractivity contribution in [3.05, 3.63) is 20.3 Å². The molecule has 0 bridgehead atoms. The monoisotopic (exact) mass is 337 g/mol. The van der Waals surface area contributed by atoms with E-state index in [1.54, 1.807) is 22.5 Å². The molecule has 1 aromatic rings. The Kier molecular flexibility index (Phi) is 5.07. The Balaban J connectivity index is 0.000000686. The first-order valence-corrected chi connectivity index (χ1v) is 7.66. The van der Waals surface area contributed by atoms with Crippen LogP contribution in [0.25, 0.3) is 0 Å². The van der Waals surface area contributed by atoms with Gasteiger partial charge in [0.05, 0.1) is 21.5 Å². The molecule has 1 aliphatic heterocycles. The topological polar surface area (TPSA) is 40.5 Å². The number of aliphatic hydroxyl groups excluding tert-OH is 1. The number of amides is 1. The van der Waals surface area contributed by atoms with Gasteiger partial charge in [-0.05, 0) is 42.1 Å². The van der Waals surface area contributed by atoms with Crippen molar-refractivity contribution in [1.29, 1.82) is 0 Å². The lowest BCUT2D eigenvalue weighted by molar-refractivity contribution is 0.0565. The predicted molar refractivity (Wildman–Crippen MR) is 78.1 cm³/mol. The summed E-state index contributed by atoms with van der Waals surface area (Å²) >= 11 is 8.51. The van der Waals surface area contributed by atoms with Crippen molar-refractivity contribution in [2.24, 2.45) is 0 Å². The van der Waals surface area contributed by atoms with Gasteiger partial charge in [0.1, 0.15) is 0 Å². The van der Waals surface area contributed by atoms with Crippen LogP contribution >= 0.6 is 39.9 Å². The maximum Gasteiger partial charge on any atom is 0.255 e. The van der Waals surface area contributed by atoms with Crippen molar-refractivity contribution in [2.45, 2.75) is 19.4 Å². The molecule has 2 rings (SSSR count). The molecule has 0 atom stereocenters. The second kappa shape index (κ2) is 5.73. The number of rotatable bonds is 2. The average Bonchev–Trinajstić information content (AvgIpc) is 2.76. The van der Waals surface area contributed by atoms with Crippen molar-refractivity contribution in [2.75, 3.05) is 19.4 Å². The second-order valence-corrected chi connectivity index (χ2v) is 6.46. The minimum absolute atomic E-state index is 0.00524. The van der Waals surface area contributed by atoms with Crippen LogP contribution in [0.1, 0.15) is 29.1 Å². The summed E-state index contributed by atoms with van der Waals surface area (Å²) in [6.07, 6.45) is 1.69. The van der Waals surface area contributed by atoms with Crippen LogP contribution in [-0.2, 0) is 5.54 Å². The molecule has 6 heteroatoms. The normalized spacial score (nSPS) is 16.6. The largest absolute Gasteiger partial charge is 0.395 e. The van der Waals surface area contributed by atoms with Crippen LogP contribution in [0.15, 0.2) is 9.85 Å². The van der Waals surface area contributed by atoms with Gasteiger partial charge >= 0.3 is 0 Å². The van der Waals surface area contributed by atoms with Gasteiger partial charge in [0, 0.05) is 11.4 Å². The highest BCUT2D eigenvalue weighted by Crippen LogP contribution is 2.44. The molecule has 1 aromatic heterocycles. The van der Waals surface area contributed by atoms with Crippen LogP contribution in [0.2, 0.25) is 0 Å². The van der Waals surface area contributed by atoms with Crippen molar-refractivity contribution in [1.82, 2.24) is 4.90 Å². The molecule has 0 spiro atoms. The van der Waals surface area contributed by atoms with Crippen LogP contribution < -0.4 is 0 Å². The lowest BCUT2D eigenvalue weighted by Gasteiger charge is -2.31. The quantitative estimate of drug-likeness (QED) is 0.814. The maximum atomic E-state index is 12.0. The van der Waals surface area contributed by atoms with Gasteiger partial charge in [0.25, 0.3) is 5.91 Å². The molecule has 0 radical (unpaired) electrons. The summed E-state index contributed by atoms with van der Waals surface area (Å²) in [4.78, 5) is 14.8. The first kappa shape index (κ1) is 15.0. The SMILES string of the molecule is CC1(C)c2sc(Br)cc2C(=O)N1CCO.CS. The Labute approximate surface area is 119 Å². The van der Waals surface area contributed by atoms with Crippen LogP contribution in [0.4, 0.5) is 0 Å². The summed E-state index contributed by atoms with van der Waals surface area (Å²) in [5, 5.41) is 8.95. The van der Waals surface area contributed by atoms with Crippen molar-refractivity contribution in [3.63, 3.8) is 0 Å². The van der Waals surface area contributed by atoms with Gasteiger partial charge in [-0.15, -0.1) is 11.3 Å². The molecule has 1 N–H and O–H groups in total. The molecule has 1 amide bonds. The molecule has 0 unspecified atom stereocenters. The molecule has 0 aliphatic carbocycles. The number of nitrogens with zero attached hydrogens (tertiary/aromatic N) is 1. The molecule has 0 saturated carbocycles. The smallest absolute Gasteiger partial charge is 0.255 e. The highest BCUT2D eigenvalue weighted by molar-refractivity contribution is 9.11. The fourth-order valence-corrected chi connectivity index (χ4v) is 3.68. The maximum absolute atomic E-state index is 12.0. The van der Waals surface area contributed by atoms with Gasteiger partial charge in [-0.2, -0.15) is 12.6 Å². The van der Waals surface area contributed by atoms with E-state index in [0.29, 0.717) is 6.54 Å². The first-order valence-electron chi connectivity index (χ1n) is 5.16. The summed E-state index contributed by atoms with van der Waals surface area (Å²) in [6.45, 7) is 4.42. The van der Waals surface area contributed by atoms with E-state index in [9.17, 15) is 4.79 Å². The van der Waals surface area contributed by atoms with Gasteiger partial charge in [0.2, 0.25) is 0 Å². The molecule has 17 heavy (non-hydrogen) atoms. The highest BCUT2D eigenvalue weighted by Gasteiger charge is 2.44. The van der Waals surface area contributed by atoms with E-state index in [2.05, 4.69) is 28.6 Å². The Morgan fingerprint density at radius 3 is 2.59 bits per heavy atom. The summed E-state index contributed by atoms with van der Waals surface area (Å²) in [6, 6.07) is 1.86. The second-order valence-electron chi connectivity index (χ2n) is 4.03. The number of carbonyl (C=O) groups is 1. The minimum Gasteiger partial charge on any atom is -0.395 e. The van der Waals surface area contributed by atoms with E-state index in [4.69, 9.17) is 5.11 Å². The Morgan fingerprint density at radius 1 is 1.53 bits per heavy atom. The molecular weight excluding hydrogens is 322 g/mol. The summed E-state index contributed by atoms with van der Waals surface area (Å²) in [5.41, 5.74) is 0.469. The number of thiophene rings is 1. The third-order valence-corrected chi connectivity index (χ3v) is 4.68. The molecule has 0 fully saturated rings. The fraction of sp³-hybridized carbons (Fsp3) is 0.545. The molecule has 3 nitrogen and oxygen atoms in total. The van der Waals surface area contributed by atoms with Crippen LogP contribution in [0.5, 0.6) is 0 Å². The predicted octanol–water partition coefficient (Wildman–Crippen LogP) is 2.74. The van der Waals surface area contributed by atoms with Crippen LogP contribution in [-0.4, -0.2) is 35.3 Å². The van der Waals surface area contributed by atoms with Gasteiger partial charge in [0.15, 0.2) is 0 Å².